The second kappa shape index (κ2) is 5.40. The van der Waals surface area contributed by atoms with Crippen LogP contribution in [-0.4, -0.2) is 9.55 Å². The first-order valence-electron chi connectivity index (χ1n) is 6.38. The lowest BCUT2D eigenvalue weighted by Gasteiger charge is -2.15. The van der Waals surface area contributed by atoms with Crippen molar-refractivity contribution in [3.63, 3.8) is 0 Å². The predicted molar refractivity (Wildman–Crippen MR) is 71.3 cm³/mol. The summed E-state index contributed by atoms with van der Waals surface area (Å²) in [5, 5.41) is 3.46. The topological polar surface area (TPSA) is 43.0 Å². The summed E-state index contributed by atoms with van der Waals surface area (Å²) in [5.41, 5.74) is 1.19. The van der Waals surface area contributed by atoms with Gasteiger partial charge in [0.1, 0.15) is 11.5 Å². The third-order valence-corrected chi connectivity index (χ3v) is 3.08. The lowest BCUT2D eigenvalue weighted by Crippen LogP contribution is -2.20. The fourth-order valence-corrected chi connectivity index (χ4v) is 1.98. The highest BCUT2D eigenvalue weighted by atomic mass is 16.3. The van der Waals surface area contributed by atoms with Crippen molar-refractivity contribution >= 4 is 0 Å². The monoisotopic (exact) mass is 247 g/mol. The molecule has 0 aliphatic heterocycles. The zero-order chi connectivity index (χ0) is 13.1. The van der Waals surface area contributed by atoms with E-state index in [0.717, 1.165) is 18.1 Å². The van der Waals surface area contributed by atoms with Gasteiger partial charge in [0, 0.05) is 18.8 Å². The Kier molecular flexibility index (Phi) is 3.87. The number of nitrogens with one attached hydrogen (secondary N) is 1. The SMILES string of the molecule is Cc1ccc(C(C)NCc2cncn2C(C)C)o1. The minimum Gasteiger partial charge on any atom is -0.465 e. The largest absolute Gasteiger partial charge is 0.465 e. The average molecular weight is 247 g/mol. The maximum absolute atomic E-state index is 5.61. The molecule has 0 spiro atoms. The summed E-state index contributed by atoms with van der Waals surface area (Å²) in [6, 6.07) is 4.65. The molecule has 0 amide bonds. The van der Waals surface area contributed by atoms with E-state index >= 15 is 0 Å². The lowest BCUT2D eigenvalue weighted by molar-refractivity contribution is 0.410. The van der Waals surface area contributed by atoms with E-state index in [1.165, 1.54) is 5.69 Å². The highest BCUT2D eigenvalue weighted by molar-refractivity contribution is 5.09. The molecule has 2 aromatic heterocycles. The van der Waals surface area contributed by atoms with Crippen LogP contribution in [0.15, 0.2) is 29.1 Å². The van der Waals surface area contributed by atoms with Crippen molar-refractivity contribution < 1.29 is 4.42 Å². The first kappa shape index (κ1) is 12.9. The molecule has 1 N–H and O–H groups in total. The van der Waals surface area contributed by atoms with Gasteiger partial charge in [-0.2, -0.15) is 0 Å². The third-order valence-electron chi connectivity index (χ3n) is 3.08. The number of aryl methyl sites for hydroxylation is 1. The van der Waals surface area contributed by atoms with Crippen LogP contribution in [0.2, 0.25) is 0 Å². The van der Waals surface area contributed by atoms with Gasteiger partial charge in [-0.3, -0.25) is 0 Å². The molecule has 0 bridgehead atoms. The molecule has 0 aliphatic rings. The summed E-state index contributed by atoms with van der Waals surface area (Å²) in [4.78, 5) is 4.20. The number of imidazole rings is 1. The van der Waals surface area contributed by atoms with E-state index in [1.807, 2.05) is 31.6 Å². The Morgan fingerprint density at radius 2 is 2.11 bits per heavy atom. The molecule has 2 rings (SSSR count). The molecular formula is C14H21N3O. The van der Waals surface area contributed by atoms with Gasteiger partial charge in [0.15, 0.2) is 0 Å². The summed E-state index contributed by atoms with van der Waals surface area (Å²) in [7, 11) is 0. The smallest absolute Gasteiger partial charge is 0.120 e. The molecule has 0 saturated carbocycles. The minimum absolute atomic E-state index is 0.203. The molecule has 98 valence electrons. The van der Waals surface area contributed by atoms with Gasteiger partial charge in [0.2, 0.25) is 0 Å². The van der Waals surface area contributed by atoms with Crippen molar-refractivity contribution in [1.29, 1.82) is 0 Å². The second-order valence-electron chi connectivity index (χ2n) is 4.94. The molecule has 0 saturated heterocycles. The fourth-order valence-electron chi connectivity index (χ4n) is 1.98. The maximum Gasteiger partial charge on any atom is 0.120 e. The highest BCUT2D eigenvalue weighted by Gasteiger charge is 2.11. The zero-order valence-corrected chi connectivity index (χ0v) is 11.5. The number of aromatic nitrogens is 2. The molecule has 0 fully saturated rings. The van der Waals surface area contributed by atoms with Crippen molar-refractivity contribution in [2.75, 3.05) is 0 Å². The van der Waals surface area contributed by atoms with Crippen LogP contribution in [0.3, 0.4) is 0 Å². The highest BCUT2D eigenvalue weighted by Crippen LogP contribution is 2.16. The number of hydrogen-bond acceptors (Lipinski definition) is 3. The first-order chi connectivity index (χ1) is 8.58. The minimum atomic E-state index is 0.203. The van der Waals surface area contributed by atoms with Crippen LogP contribution in [0.25, 0.3) is 0 Å². The summed E-state index contributed by atoms with van der Waals surface area (Å²) in [6.45, 7) is 9.17. The zero-order valence-electron chi connectivity index (χ0n) is 11.5. The van der Waals surface area contributed by atoms with Gasteiger partial charge in [-0.15, -0.1) is 0 Å². The van der Waals surface area contributed by atoms with Crippen molar-refractivity contribution in [3.8, 4) is 0 Å². The van der Waals surface area contributed by atoms with Gasteiger partial charge in [-0.25, -0.2) is 4.98 Å². The molecule has 1 unspecified atom stereocenters. The van der Waals surface area contributed by atoms with Crippen molar-refractivity contribution in [3.05, 3.63) is 41.9 Å². The van der Waals surface area contributed by atoms with Crippen LogP contribution in [0.1, 0.15) is 50.1 Å². The standard InChI is InChI=1S/C14H21N3O/c1-10(2)17-9-15-7-13(17)8-16-12(4)14-6-5-11(3)18-14/h5-7,9-10,12,16H,8H2,1-4H3. The van der Waals surface area contributed by atoms with Crippen LogP contribution in [-0.2, 0) is 6.54 Å². The molecule has 2 aromatic rings. The first-order valence-corrected chi connectivity index (χ1v) is 6.38. The molecule has 0 aromatic carbocycles. The van der Waals surface area contributed by atoms with Gasteiger partial charge in [0.05, 0.1) is 18.1 Å². The van der Waals surface area contributed by atoms with Crippen LogP contribution in [0.5, 0.6) is 0 Å². The van der Waals surface area contributed by atoms with E-state index in [2.05, 4.69) is 35.6 Å². The van der Waals surface area contributed by atoms with E-state index in [9.17, 15) is 0 Å². The van der Waals surface area contributed by atoms with Crippen LogP contribution < -0.4 is 5.32 Å². The van der Waals surface area contributed by atoms with Crippen LogP contribution in [0, 0.1) is 6.92 Å². The summed E-state index contributed by atoms with van der Waals surface area (Å²) >= 11 is 0. The molecule has 0 aliphatic carbocycles. The van der Waals surface area contributed by atoms with Gasteiger partial charge in [-0.1, -0.05) is 0 Å². The van der Waals surface area contributed by atoms with Crippen molar-refractivity contribution in [1.82, 2.24) is 14.9 Å². The van der Waals surface area contributed by atoms with Gasteiger partial charge in [0.25, 0.3) is 0 Å². The number of hydrogen-bond donors (Lipinski definition) is 1. The summed E-state index contributed by atoms with van der Waals surface area (Å²) < 4.78 is 7.78. The molecule has 1 atom stereocenters. The molecule has 2 heterocycles. The van der Waals surface area contributed by atoms with Crippen molar-refractivity contribution in [2.24, 2.45) is 0 Å². The second-order valence-corrected chi connectivity index (χ2v) is 4.94. The third kappa shape index (κ3) is 2.82. The van der Waals surface area contributed by atoms with E-state index < -0.39 is 0 Å². The molecular weight excluding hydrogens is 226 g/mol. The lowest BCUT2D eigenvalue weighted by atomic mass is 10.2. The van der Waals surface area contributed by atoms with Gasteiger partial charge in [-0.05, 0) is 39.8 Å². The molecule has 4 heteroatoms. The number of rotatable bonds is 5. The molecule has 18 heavy (non-hydrogen) atoms. The maximum atomic E-state index is 5.61. The van der Waals surface area contributed by atoms with E-state index in [1.54, 1.807) is 0 Å². The Morgan fingerprint density at radius 1 is 1.33 bits per heavy atom. The van der Waals surface area contributed by atoms with E-state index in [-0.39, 0.29) is 6.04 Å². The molecule has 4 nitrogen and oxygen atoms in total. The average Bonchev–Trinajstić information content (AvgIpc) is 2.94. The quantitative estimate of drug-likeness (QED) is 0.882. The Bertz CT molecular complexity index is 499. The van der Waals surface area contributed by atoms with Crippen molar-refractivity contribution in [2.45, 2.75) is 46.3 Å². The summed E-state index contributed by atoms with van der Waals surface area (Å²) in [5.74, 6) is 1.92. The Labute approximate surface area is 108 Å². The fraction of sp³-hybridized carbons (Fsp3) is 0.500. The summed E-state index contributed by atoms with van der Waals surface area (Å²) in [6.07, 6.45) is 3.79. The molecule has 0 radical (unpaired) electrons. The van der Waals surface area contributed by atoms with Gasteiger partial charge >= 0.3 is 0 Å². The predicted octanol–water partition coefficient (Wildman–Crippen LogP) is 3.22. The number of nitrogens with zero attached hydrogens (tertiary/aromatic N) is 2. The Hall–Kier alpha value is -1.55. The van der Waals surface area contributed by atoms with Gasteiger partial charge < -0.3 is 14.3 Å². The van der Waals surface area contributed by atoms with E-state index in [4.69, 9.17) is 4.42 Å². The Morgan fingerprint density at radius 3 is 2.72 bits per heavy atom. The van der Waals surface area contributed by atoms with Crippen LogP contribution in [0.4, 0.5) is 0 Å². The Balaban J connectivity index is 1.97. The number of furan rings is 1. The van der Waals surface area contributed by atoms with Crippen LogP contribution >= 0.6 is 0 Å². The normalized spacial score (nSPS) is 13.2. The van der Waals surface area contributed by atoms with E-state index in [0.29, 0.717) is 6.04 Å².